The summed E-state index contributed by atoms with van der Waals surface area (Å²) in [6, 6.07) is 16.1. The van der Waals surface area contributed by atoms with E-state index in [9.17, 15) is 0 Å². The molecule has 2 rings (SSSR count). The second-order valence-corrected chi connectivity index (χ2v) is 6.22. The van der Waals surface area contributed by atoms with Gasteiger partial charge < -0.3 is 4.90 Å². The molecule has 4 nitrogen and oxygen atoms in total. The molecule has 0 heterocycles. The highest BCUT2D eigenvalue weighted by Gasteiger charge is 2.11. The molecule has 120 valence electrons. The van der Waals surface area contributed by atoms with Crippen LogP contribution in [0.25, 0.3) is 0 Å². The molecule has 0 saturated heterocycles. The van der Waals surface area contributed by atoms with Crippen molar-refractivity contribution in [3.63, 3.8) is 0 Å². The first kappa shape index (κ1) is 16.9. The van der Waals surface area contributed by atoms with E-state index in [0.29, 0.717) is 0 Å². The van der Waals surface area contributed by atoms with Gasteiger partial charge in [-0.25, -0.2) is 0 Å². The third-order valence-electron chi connectivity index (χ3n) is 3.63. The van der Waals surface area contributed by atoms with Crippen molar-refractivity contribution in [2.24, 2.45) is 10.2 Å². The number of hydrogen-bond acceptors (Lipinski definition) is 3. The Bertz CT molecular complexity index is 681. The zero-order valence-corrected chi connectivity index (χ0v) is 14.4. The summed E-state index contributed by atoms with van der Waals surface area (Å²) in [6.07, 6.45) is 1.83. The normalized spacial score (nSPS) is 11.7. The van der Waals surface area contributed by atoms with Crippen molar-refractivity contribution >= 4 is 22.7 Å². The van der Waals surface area contributed by atoms with Gasteiger partial charge in [-0.1, -0.05) is 12.6 Å². The molecule has 2 aromatic carbocycles. The van der Waals surface area contributed by atoms with Crippen LogP contribution < -0.4 is 9.38 Å². The van der Waals surface area contributed by atoms with E-state index < -0.39 is 0 Å². The monoisotopic (exact) mass is 309 g/mol. The van der Waals surface area contributed by atoms with Gasteiger partial charge in [-0.05, 0) is 49.5 Å². The third-order valence-corrected chi connectivity index (χ3v) is 3.63. The molecule has 0 aliphatic carbocycles. The summed E-state index contributed by atoms with van der Waals surface area (Å²) in [5.74, 6) is 0. The average molecular weight is 309 g/mol. The fraction of sp³-hybridized carbons (Fsp3) is 0.263. The predicted octanol–water partition coefficient (Wildman–Crippen LogP) is 5.27. The molecule has 0 spiro atoms. The molecular formula is C19H25N4+. The van der Waals surface area contributed by atoms with Crippen LogP contribution in [0, 0.1) is 0 Å². The first-order valence-electron chi connectivity index (χ1n) is 7.77. The van der Waals surface area contributed by atoms with Crippen LogP contribution in [0.3, 0.4) is 0 Å². The van der Waals surface area contributed by atoms with Crippen molar-refractivity contribution in [2.45, 2.75) is 6.92 Å². The molecule has 23 heavy (non-hydrogen) atoms. The van der Waals surface area contributed by atoms with E-state index >= 15 is 0 Å². The van der Waals surface area contributed by atoms with Crippen LogP contribution >= 0.6 is 0 Å². The molecule has 0 N–H and O–H groups in total. The summed E-state index contributed by atoms with van der Waals surface area (Å²) >= 11 is 0. The fourth-order valence-electron chi connectivity index (χ4n) is 2.22. The summed E-state index contributed by atoms with van der Waals surface area (Å²) in [6.45, 7) is 6.80. The van der Waals surface area contributed by atoms with Gasteiger partial charge in [0.25, 0.3) is 0 Å². The van der Waals surface area contributed by atoms with Gasteiger partial charge in [0, 0.05) is 18.3 Å². The lowest BCUT2D eigenvalue weighted by Crippen LogP contribution is -2.34. The number of benzene rings is 2. The van der Waals surface area contributed by atoms with Crippen molar-refractivity contribution in [1.29, 1.82) is 0 Å². The molecule has 0 saturated carbocycles. The molecule has 0 radical (unpaired) electrons. The van der Waals surface area contributed by atoms with Crippen LogP contribution in [0.4, 0.5) is 22.7 Å². The number of quaternary nitrogens is 1. The Balaban J connectivity index is 2.16. The second kappa shape index (κ2) is 7.20. The van der Waals surface area contributed by atoms with E-state index in [4.69, 9.17) is 0 Å². The molecule has 4 heteroatoms. The van der Waals surface area contributed by atoms with E-state index in [0.717, 1.165) is 28.1 Å². The molecule has 0 unspecified atom stereocenters. The molecule has 0 aliphatic rings. The number of azo groups is 1. The molecule has 0 bridgehead atoms. The van der Waals surface area contributed by atoms with Crippen LogP contribution in [0.5, 0.6) is 0 Å². The first-order chi connectivity index (χ1) is 10.9. The summed E-state index contributed by atoms with van der Waals surface area (Å²) in [5.41, 5.74) is 4.00. The van der Waals surface area contributed by atoms with Crippen molar-refractivity contribution < 1.29 is 0 Å². The quantitative estimate of drug-likeness (QED) is 0.528. The Labute approximate surface area is 139 Å². The highest BCUT2D eigenvalue weighted by molar-refractivity contribution is 5.55. The van der Waals surface area contributed by atoms with E-state index in [1.54, 1.807) is 0 Å². The minimum atomic E-state index is 0.756. The van der Waals surface area contributed by atoms with Gasteiger partial charge in [0.15, 0.2) is 0 Å². The van der Waals surface area contributed by atoms with E-state index in [1.165, 1.54) is 5.69 Å². The zero-order valence-electron chi connectivity index (χ0n) is 14.4. The summed E-state index contributed by atoms with van der Waals surface area (Å²) in [5, 5.41) is 8.67. The van der Waals surface area contributed by atoms with Gasteiger partial charge >= 0.3 is 0 Å². The Morgan fingerprint density at radius 3 is 2.22 bits per heavy atom. The van der Waals surface area contributed by atoms with Crippen molar-refractivity contribution in [3.05, 3.63) is 61.3 Å². The van der Waals surface area contributed by atoms with Crippen LogP contribution in [-0.2, 0) is 0 Å². The van der Waals surface area contributed by atoms with Gasteiger partial charge in [-0.15, -0.1) is 0 Å². The Morgan fingerprint density at radius 1 is 1.00 bits per heavy atom. The Morgan fingerprint density at radius 2 is 1.65 bits per heavy atom. The molecule has 0 atom stereocenters. The van der Waals surface area contributed by atoms with Crippen LogP contribution in [0.15, 0.2) is 71.5 Å². The lowest BCUT2D eigenvalue weighted by molar-refractivity contribution is 0.486. The summed E-state index contributed by atoms with van der Waals surface area (Å²) < 4.78 is 0.756. The highest BCUT2D eigenvalue weighted by Crippen LogP contribution is 2.26. The highest BCUT2D eigenvalue weighted by atomic mass is 15.3. The van der Waals surface area contributed by atoms with E-state index in [-0.39, 0.29) is 0 Å². The van der Waals surface area contributed by atoms with Crippen LogP contribution in [0.1, 0.15) is 6.92 Å². The zero-order chi connectivity index (χ0) is 16.9. The number of anilines is 1. The van der Waals surface area contributed by atoms with Gasteiger partial charge in [-0.2, -0.15) is 10.2 Å². The van der Waals surface area contributed by atoms with Crippen molar-refractivity contribution in [3.8, 4) is 0 Å². The minimum absolute atomic E-state index is 0.756. The van der Waals surface area contributed by atoms with E-state index in [1.807, 2.05) is 42.6 Å². The number of nitrogens with zero attached hydrogens (tertiary/aromatic N) is 4. The summed E-state index contributed by atoms with van der Waals surface area (Å²) in [4.78, 5) is 2.08. The SMILES string of the molecule is C=CN(CC)c1ccc(N=Nc2cccc([N+](C)(C)C)c2)cc1. The van der Waals surface area contributed by atoms with Crippen molar-refractivity contribution in [2.75, 3.05) is 32.6 Å². The molecule has 2 aromatic rings. The van der Waals surface area contributed by atoms with Crippen LogP contribution in [0.2, 0.25) is 0 Å². The first-order valence-corrected chi connectivity index (χ1v) is 7.77. The maximum Gasteiger partial charge on any atom is 0.134 e. The maximum atomic E-state index is 4.35. The fourth-order valence-corrected chi connectivity index (χ4v) is 2.22. The molecule has 0 amide bonds. The molecule has 0 aliphatic heterocycles. The Hall–Kier alpha value is -2.46. The van der Waals surface area contributed by atoms with E-state index in [2.05, 4.69) is 61.9 Å². The molecular weight excluding hydrogens is 284 g/mol. The lowest BCUT2D eigenvalue weighted by Gasteiger charge is -2.23. The number of hydrogen-bond donors (Lipinski definition) is 0. The number of rotatable bonds is 6. The smallest absolute Gasteiger partial charge is 0.134 e. The minimum Gasteiger partial charge on any atom is -0.349 e. The molecule has 0 aromatic heterocycles. The standard InChI is InChI=1S/C19H25N4/c1-6-22(7-2)18-13-11-16(12-14-18)20-21-17-9-8-10-19(15-17)23(3,4)5/h6,8-15H,1,7H2,2-5H3/q+1. The maximum absolute atomic E-state index is 4.35. The van der Waals surface area contributed by atoms with Gasteiger partial charge in [0.2, 0.25) is 0 Å². The average Bonchev–Trinajstić information content (AvgIpc) is 2.55. The van der Waals surface area contributed by atoms with Gasteiger partial charge in [0.1, 0.15) is 5.69 Å². The summed E-state index contributed by atoms with van der Waals surface area (Å²) in [7, 11) is 6.40. The van der Waals surface area contributed by atoms with Gasteiger partial charge in [-0.3, -0.25) is 4.48 Å². The van der Waals surface area contributed by atoms with Gasteiger partial charge in [0.05, 0.1) is 32.5 Å². The molecule has 0 fully saturated rings. The topological polar surface area (TPSA) is 28.0 Å². The van der Waals surface area contributed by atoms with Crippen molar-refractivity contribution in [1.82, 2.24) is 4.48 Å². The third kappa shape index (κ3) is 4.50. The van der Waals surface area contributed by atoms with Crippen LogP contribution in [-0.4, -0.2) is 27.7 Å². The largest absolute Gasteiger partial charge is 0.349 e. The second-order valence-electron chi connectivity index (χ2n) is 6.22. The Kier molecular flexibility index (Phi) is 5.29. The lowest BCUT2D eigenvalue weighted by atomic mass is 10.2. The predicted molar refractivity (Wildman–Crippen MR) is 99.8 cm³/mol.